The van der Waals surface area contributed by atoms with Gasteiger partial charge in [0.1, 0.15) is 5.69 Å². The molecule has 0 spiro atoms. The number of hydrogen-bond donors (Lipinski definition) is 1. The topological polar surface area (TPSA) is 58.4 Å². The van der Waals surface area contributed by atoms with Gasteiger partial charge >= 0.3 is 6.18 Å². The molecule has 0 saturated carbocycles. The number of amides is 1. The molecule has 3 heterocycles. The molecule has 9 heteroatoms. The van der Waals surface area contributed by atoms with Crippen molar-refractivity contribution in [3.8, 4) is 0 Å². The summed E-state index contributed by atoms with van der Waals surface area (Å²) in [7, 11) is 1.90. The minimum atomic E-state index is -4.57. The molecular weight excluding hydrogens is 379 g/mol. The third-order valence-corrected chi connectivity index (χ3v) is 6.58. The molecule has 1 fully saturated rings. The molecular formula is C18H24F3N3O2S. The Bertz CT molecular complexity index is 745. The summed E-state index contributed by atoms with van der Waals surface area (Å²) >= 11 is 1.28. The van der Waals surface area contributed by atoms with Crippen LogP contribution in [0.2, 0.25) is 0 Å². The van der Waals surface area contributed by atoms with E-state index in [4.69, 9.17) is 0 Å². The molecule has 2 aliphatic heterocycles. The molecule has 1 saturated heterocycles. The summed E-state index contributed by atoms with van der Waals surface area (Å²) in [5.41, 5.74) is 0.247. The fraction of sp³-hybridized carbons (Fsp3) is 0.667. The Kier molecular flexibility index (Phi) is 5.63. The van der Waals surface area contributed by atoms with E-state index < -0.39 is 16.7 Å². The van der Waals surface area contributed by atoms with Crippen molar-refractivity contribution >= 4 is 17.7 Å². The number of halogens is 3. The molecule has 1 aromatic rings. The lowest BCUT2D eigenvalue weighted by Gasteiger charge is -2.33. The SMILES string of the molecule is CNC[C@@H]1CCCN(C(=O)C2=CCC(C)(c3noc(C(F)(F)F)c3C)S2)C1. The van der Waals surface area contributed by atoms with E-state index in [-0.39, 0.29) is 17.2 Å². The van der Waals surface area contributed by atoms with Crippen LogP contribution in [-0.2, 0) is 15.7 Å². The Balaban J connectivity index is 1.72. The molecule has 5 nitrogen and oxygen atoms in total. The Hall–Kier alpha value is -1.48. The van der Waals surface area contributed by atoms with E-state index >= 15 is 0 Å². The molecule has 27 heavy (non-hydrogen) atoms. The van der Waals surface area contributed by atoms with Gasteiger partial charge in [-0.3, -0.25) is 4.79 Å². The van der Waals surface area contributed by atoms with Crippen LogP contribution in [0.4, 0.5) is 13.2 Å². The molecule has 0 radical (unpaired) electrons. The van der Waals surface area contributed by atoms with Crippen molar-refractivity contribution in [2.45, 2.75) is 44.0 Å². The van der Waals surface area contributed by atoms with Gasteiger partial charge in [0, 0.05) is 18.7 Å². The second kappa shape index (κ2) is 7.50. The zero-order valence-corrected chi connectivity index (χ0v) is 16.5. The number of hydrogen-bond acceptors (Lipinski definition) is 5. The molecule has 0 aliphatic carbocycles. The molecule has 1 amide bonds. The first-order valence-electron chi connectivity index (χ1n) is 9.02. The molecule has 2 atom stereocenters. The molecule has 3 rings (SSSR count). The van der Waals surface area contributed by atoms with Crippen molar-refractivity contribution in [2.75, 3.05) is 26.7 Å². The average molecular weight is 403 g/mol. The van der Waals surface area contributed by atoms with Crippen molar-refractivity contribution in [1.82, 2.24) is 15.4 Å². The number of nitrogens with one attached hydrogen (secondary N) is 1. The van der Waals surface area contributed by atoms with E-state index in [1.165, 1.54) is 18.7 Å². The van der Waals surface area contributed by atoms with Gasteiger partial charge in [-0.25, -0.2) is 0 Å². The number of aromatic nitrogens is 1. The van der Waals surface area contributed by atoms with E-state index in [1.807, 2.05) is 18.0 Å². The fourth-order valence-corrected chi connectivity index (χ4v) is 5.17. The predicted octanol–water partition coefficient (Wildman–Crippen LogP) is 3.70. The van der Waals surface area contributed by atoms with Gasteiger partial charge in [-0.05, 0) is 52.6 Å². The van der Waals surface area contributed by atoms with Crippen molar-refractivity contribution in [1.29, 1.82) is 0 Å². The molecule has 0 bridgehead atoms. The third kappa shape index (κ3) is 4.03. The summed E-state index contributed by atoms with van der Waals surface area (Å²) in [6.45, 7) is 5.46. The number of carbonyl (C=O) groups excluding carboxylic acids is 1. The highest BCUT2D eigenvalue weighted by atomic mass is 32.2. The molecule has 1 aromatic heterocycles. The second-order valence-electron chi connectivity index (χ2n) is 7.41. The molecule has 1 unspecified atom stereocenters. The summed E-state index contributed by atoms with van der Waals surface area (Å²) in [6.07, 6.45) is -0.262. The zero-order chi connectivity index (χ0) is 19.8. The van der Waals surface area contributed by atoms with Crippen LogP contribution in [0, 0.1) is 12.8 Å². The van der Waals surface area contributed by atoms with Crippen LogP contribution in [0.25, 0.3) is 0 Å². The highest BCUT2D eigenvalue weighted by Crippen LogP contribution is 2.51. The fourth-order valence-electron chi connectivity index (χ4n) is 3.84. The van der Waals surface area contributed by atoms with E-state index in [2.05, 4.69) is 15.0 Å². The third-order valence-electron chi connectivity index (χ3n) is 5.20. The Labute approximate surface area is 160 Å². The predicted molar refractivity (Wildman–Crippen MR) is 97.1 cm³/mol. The standard InChI is InChI=1S/C18H24F3N3O2S/c1-11-14(23-26-15(11)18(19,20)21)17(2)7-6-13(27-17)16(25)24-8-4-5-12(10-24)9-22-3/h6,12,22H,4-5,7-10H2,1-3H3/t12-,17?/m0/s1. The van der Waals surface area contributed by atoms with Gasteiger partial charge in [-0.2, -0.15) is 13.2 Å². The molecule has 150 valence electrons. The lowest BCUT2D eigenvalue weighted by molar-refractivity contribution is -0.156. The summed E-state index contributed by atoms with van der Waals surface area (Å²) < 4.78 is 42.8. The number of piperidine rings is 1. The van der Waals surface area contributed by atoms with Crippen LogP contribution in [0.5, 0.6) is 0 Å². The Morgan fingerprint density at radius 3 is 2.89 bits per heavy atom. The average Bonchev–Trinajstić information content (AvgIpc) is 3.19. The van der Waals surface area contributed by atoms with Gasteiger partial charge in [0.2, 0.25) is 5.76 Å². The number of alkyl halides is 3. The lowest BCUT2D eigenvalue weighted by atomic mass is 9.97. The van der Waals surface area contributed by atoms with Gasteiger partial charge in [-0.1, -0.05) is 11.2 Å². The van der Waals surface area contributed by atoms with Crippen molar-refractivity contribution in [2.24, 2.45) is 5.92 Å². The molecule has 1 N–H and O–H groups in total. The quantitative estimate of drug-likeness (QED) is 0.831. The maximum absolute atomic E-state index is 13.0. The highest BCUT2D eigenvalue weighted by molar-refractivity contribution is 8.05. The van der Waals surface area contributed by atoms with Gasteiger partial charge in [0.25, 0.3) is 5.91 Å². The van der Waals surface area contributed by atoms with Crippen molar-refractivity contribution in [3.05, 3.63) is 28.0 Å². The first kappa shape index (κ1) is 20.3. The van der Waals surface area contributed by atoms with Crippen molar-refractivity contribution < 1.29 is 22.5 Å². The van der Waals surface area contributed by atoms with E-state index in [0.29, 0.717) is 23.8 Å². The number of nitrogens with zero attached hydrogens (tertiary/aromatic N) is 2. The van der Waals surface area contributed by atoms with Crippen LogP contribution < -0.4 is 5.32 Å². The van der Waals surface area contributed by atoms with E-state index in [0.717, 1.165) is 25.9 Å². The monoisotopic (exact) mass is 403 g/mol. The largest absolute Gasteiger partial charge is 0.452 e. The minimum Gasteiger partial charge on any atom is -0.351 e. The van der Waals surface area contributed by atoms with Crippen LogP contribution >= 0.6 is 11.8 Å². The number of carbonyl (C=O) groups is 1. The number of likely N-dealkylation sites (tertiary alicyclic amines) is 1. The second-order valence-corrected chi connectivity index (χ2v) is 8.95. The van der Waals surface area contributed by atoms with Crippen LogP contribution in [0.15, 0.2) is 15.5 Å². The zero-order valence-electron chi connectivity index (χ0n) is 15.7. The van der Waals surface area contributed by atoms with Gasteiger partial charge in [-0.15, -0.1) is 11.8 Å². The summed E-state index contributed by atoms with van der Waals surface area (Å²) in [4.78, 5) is 15.3. The van der Waals surface area contributed by atoms with E-state index in [9.17, 15) is 18.0 Å². The summed E-state index contributed by atoms with van der Waals surface area (Å²) in [6, 6.07) is 0. The normalized spacial score (nSPS) is 26.4. The molecule has 0 aromatic carbocycles. The highest BCUT2D eigenvalue weighted by Gasteiger charge is 2.45. The maximum atomic E-state index is 13.0. The Morgan fingerprint density at radius 2 is 2.26 bits per heavy atom. The Morgan fingerprint density at radius 1 is 1.52 bits per heavy atom. The number of thioether (sulfide) groups is 1. The summed E-state index contributed by atoms with van der Waals surface area (Å²) in [5, 5.41) is 6.85. The van der Waals surface area contributed by atoms with Gasteiger partial charge in [0.15, 0.2) is 0 Å². The van der Waals surface area contributed by atoms with Crippen LogP contribution in [0.1, 0.15) is 43.2 Å². The molecule has 2 aliphatic rings. The smallest absolute Gasteiger partial charge is 0.351 e. The van der Waals surface area contributed by atoms with E-state index in [1.54, 1.807) is 6.92 Å². The van der Waals surface area contributed by atoms with Gasteiger partial charge < -0.3 is 14.7 Å². The lowest BCUT2D eigenvalue weighted by Crippen LogP contribution is -2.42. The number of allylic oxidation sites excluding steroid dienone is 1. The maximum Gasteiger partial charge on any atom is 0.452 e. The number of rotatable bonds is 4. The summed E-state index contributed by atoms with van der Waals surface area (Å²) in [5.74, 6) is -0.676. The van der Waals surface area contributed by atoms with Crippen molar-refractivity contribution in [3.63, 3.8) is 0 Å². The first-order valence-corrected chi connectivity index (χ1v) is 9.84. The minimum absolute atomic E-state index is 0.00773. The first-order chi connectivity index (χ1) is 12.7. The van der Waals surface area contributed by atoms with Gasteiger partial charge in [0.05, 0.1) is 9.65 Å². The van der Waals surface area contributed by atoms with Crippen LogP contribution in [-0.4, -0.2) is 42.6 Å². The van der Waals surface area contributed by atoms with Crippen LogP contribution in [0.3, 0.4) is 0 Å².